The molecule has 34 heavy (non-hydrogen) atoms. The van der Waals surface area contributed by atoms with Crippen LogP contribution in [0, 0.1) is 11.7 Å². The van der Waals surface area contributed by atoms with Gasteiger partial charge < -0.3 is 13.9 Å². The van der Waals surface area contributed by atoms with Gasteiger partial charge in [-0.2, -0.15) is 4.31 Å². The second-order valence-corrected chi connectivity index (χ2v) is 9.56. The minimum Gasteiger partial charge on any atom is -0.497 e. The Morgan fingerprint density at radius 3 is 2.62 bits per heavy atom. The maximum absolute atomic E-state index is 13.2. The van der Waals surface area contributed by atoms with Gasteiger partial charge in [0.15, 0.2) is 0 Å². The fourth-order valence-corrected chi connectivity index (χ4v) is 5.22. The summed E-state index contributed by atoms with van der Waals surface area (Å²) in [5, 5.41) is 10.4. The number of carbonyl (C=O) groups is 1. The van der Waals surface area contributed by atoms with Crippen molar-refractivity contribution in [1.29, 1.82) is 0 Å². The lowest BCUT2D eigenvalue weighted by molar-refractivity contribution is -0.121. The molecule has 1 fully saturated rings. The second-order valence-electron chi connectivity index (χ2n) is 7.62. The summed E-state index contributed by atoms with van der Waals surface area (Å²) in [7, 11) is -0.826. The molecule has 180 valence electrons. The molecule has 12 heteroatoms. The summed E-state index contributed by atoms with van der Waals surface area (Å²) in [4.78, 5) is 12.8. The number of ether oxygens (including phenoxy) is 2. The standard InChI is InChI=1S/C22H23FN4O6S/c1-31-16-7-10-18(19(12-16)32-2)21-25-26-22(33-21)24-20(28)14-4-3-11-27(13-14)34(29,30)17-8-5-15(23)6-9-17/h5-10,12,14H,3-4,11,13H2,1-2H3,(H,24,26,28). The van der Waals surface area contributed by atoms with Crippen molar-refractivity contribution in [3.05, 3.63) is 48.3 Å². The van der Waals surface area contributed by atoms with Crippen molar-refractivity contribution >= 4 is 21.9 Å². The predicted octanol–water partition coefficient (Wildman–Crippen LogP) is 2.93. The lowest BCUT2D eigenvalue weighted by Gasteiger charge is -2.30. The zero-order chi connectivity index (χ0) is 24.3. The SMILES string of the molecule is COc1ccc(-c2nnc(NC(=O)C3CCCN(S(=O)(=O)c4ccc(F)cc4)C3)o2)c(OC)c1. The van der Waals surface area contributed by atoms with Crippen molar-refractivity contribution in [3.63, 3.8) is 0 Å². The summed E-state index contributed by atoms with van der Waals surface area (Å²) in [6.07, 6.45) is 0.991. The molecule has 0 aliphatic carbocycles. The number of aromatic nitrogens is 2. The summed E-state index contributed by atoms with van der Waals surface area (Å²) in [5.74, 6) is -0.397. The number of rotatable bonds is 7. The van der Waals surface area contributed by atoms with Crippen LogP contribution >= 0.6 is 0 Å². The third-order valence-corrected chi connectivity index (χ3v) is 7.38. The molecule has 1 saturated heterocycles. The van der Waals surface area contributed by atoms with E-state index in [1.807, 2.05) is 0 Å². The Kier molecular flexibility index (Phi) is 6.80. The fourth-order valence-electron chi connectivity index (χ4n) is 3.70. The normalized spacial score (nSPS) is 16.7. The molecular formula is C22H23FN4O6S. The van der Waals surface area contributed by atoms with Gasteiger partial charge in [-0.05, 0) is 49.2 Å². The molecule has 1 amide bonds. The number of amides is 1. The van der Waals surface area contributed by atoms with Gasteiger partial charge in [0.2, 0.25) is 15.9 Å². The van der Waals surface area contributed by atoms with E-state index >= 15 is 0 Å². The monoisotopic (exact) mass is 490 g/mol. The maximum atomic E-state index is 13.2. The molecule has 0 bridgehead atoms. The van der Waals surface area contributed by atoms with Crippen molar-refractivity contribution in [2.24, 2.45) is 5.92 Å². The van der Waals surface area contributed by atoms with E-state index < -0.39 is 27.7 Å². The number of benzene rings is 2. The zero-order valence-electron chi connectivity index (χ0n) is 18.5. The van der Waals surface area contributed by atoms with Crippen molar-refractivity contribution in [2.45, 2.75) is 17.7 Å². The molecule has 0 spiro atoms. The number of anilines is 1. The first-order chi connectivity index (χ1) is 16.3. The van der Waals surface area contributed by atoms with Gasteiger partial charge >= 0.3 is 6.01 Å². The number of piperidine rings is 1. The van der Waals surface area contributed by atoms with Crippen LogP contribution in [0.5, 0.6) is 11.5 Å². The highest BCUT2D eigenvalue weighted by Gasteiger charge is 2.34. The largest absolute Gasteiger partial charge is 0.497 e. The van der Waals surface area contributed by atoms with Gasteiger partial charge in [0, 0.05) is 19.2 Å². The Hall–Kier alpha value is -3.51. The molecule has 0 radical (unpaired) electrons. The minimum atomic E-state index is -3.85. The zero-order valence-corrected chi connectivity index (χ0v) is 19.3. The third kappa shape index (κ3) is 4.87. The van der Waals surface area contributed by atoms with E-state index in [9.17, 15) is 17.6 Å². The van der Waals surface area contributed by atoms with Gasteiger partial charge in [-0.15, -0.1) is 5.10 Å². The Balaban J connectivity index is 1.45. The van der Waals surface area contributed by atoms with Gasteiger partial charge in [0.1, 0.15) is 17.3 Å². The number of sulfonamides is 1. The van der Waals surface area contributed by atoms with Crippen LogP contribution in [-0.4, -0.2) is 56.1 Å². The van der Waals surface area contributed by atoms with Crippen molar-refractivity contribution in [1.82, 2.24) is 14.5 Å². The quantitative estimate of drug-likeness (QED) is 0.536. The van der Waals surface area contributed by atoms with Crippen LogP contribution in [0.25, 0.3) is 11.5 Å². The fraction of sp³-hybridized carbons (Fsp3) is 0.318. The van der Waals surface area contributed by atoms with E-state index in [0.29, 0.717) is 29.9 Å². The molecule has 10 nitrogen and oxygen atoms in total. The molecule has 1 N–H and O–H groups in total. The smallest absolute Gasteiger partial charge is 0.322 e. The minimum absolute atomic E-state index is 0.0150. The van der Waals surface area contributed by atoms with E-state index in [2.05, 4.69) is 15.5 Å². The van der Waals surface area contributed by atoms with Gasteiger partial charge in [-0.1, -0.05) is 5.10 Å². The lowest BCUT2D eigenvalue weighted by atomic mass is 9.99. The van der Waals surface area contributed by atoms with E-state index in [1.54, 1.807) is 18.2 Å². The van der Waals surface area contributed by atoms with Crippen LogP contribution in [0.1, 0.15) is 12.8 Å². The molecule has 1 aliphatic rings. The summed E-state index contributed by atoms with van der Waals surface area (Å²) in [6, 6.07) is 9.54. The van der Waals surface area contributed by atoms with E-state index in [-0.39, 0.29) is 29.9 Å². The first-order valence-corrected chi connectivity index (χ1v) is 11.9. The van der Waals surface area contributed by atoms with Crippen molar-refractivity contribution < 1.29 is 31.5 Å². The Labute approximate surface area is 195 Å². The van der Waals surface area contributed by atoms with Crippen LogP contribution in [0.2, 0.25) is 0 Å². The highest BCUT2D eigenvalue weighted by Crippen LogP contribution is 2.33. The number of nitrogens with zero attached hydrogens (tertiary/aromatic N) is 3. The molecule has 1 aliphatic heterocycles. The molecule has 3 aromatic rings. The molecule has 0 saturated carbocycles. The number of methoxy groups -OCH3 is 2. The molecular weight excluding hydrogens is 467 g/mol. The van der Waals surface area contributed by atoms with Crippen LogP contribution in [0.3, 0.4) is 0 Å². The molecule has 4 rings (SSSR count). The average Bonchev–Trinajstić information content (AvgIpc) is 3.32. The summed E-state index contributed by atoms with van der Waals surface area (Å²) >= 11 is 0. The van der Waals surface area contributed by atoms with Gasteiger partial charge in [-0.25, -0.2) is 12.8 Å². The van der Waals surface area contributed by atoms with E-state index in [1.165, 1.54) is 30.7 Å². The van der Waals surface area contributed by atoms with Crippen molar-refractivity contribution in [3.8, 4) is 23.0 Å². The van der Waals surface area contributed by atoms with Crippen molar-refractivity contribution in [2.75, 3.05) is 32.6 Å². The highest BCUT2D eigenvalue weighted by molar-refractivity contribution is 7.89. The summed E-state index contributed by atoms with van der Waals surface area (Å²) in [6.45, 7) is 0.254. The molecule has 1 unspecified atom stereocenters. The van der Waals surface area contributed by atoms with Gasteiger partial charge in [0.25, 0.3) is 5.89 Å². The predicted molar refractivity (Wildman–Crippen MR) is 119 cm³/mol. The average molecular weight is 491 g/mol. The van der Waals surface area contributed by atoms with Crippen LogP contribution in [0.15, 0.2) is 51.8 Å². The Bertz CT molecular complexity index is 1280. The molecule has 1 aromatic heterocycles. The number of halogens is 1. The third-order valence-electron chi connectivity index (χ3n) is 5.50. The summed E-state index contributed by atoms with van der Waals surface area (Å²) < 4.78 is 56.3. The maximum Gasteiger partial charge on any atom is 0.322 e. The highest BCUT2D eigenvalue weighted by atomic mass is 32.2. The number of hydrogen-bond acceptors (Lipinski definition) is 8. The first kappa shape index (κ1) is 23.6. The Morgan fingerprint density at radius 1 is 1.15 bits per heavy atom. The molecule has 2 heterocycles. The number of hydrogen-bond donors (Lipinski definition) is 1. The second kappa shape index (κ2) is 9.77. The van der Waals surface area contributed by atoms with E-state index in [4.69, 9.17) is 13.9 Å². The van der Waals surface area contributed by atoms with Gasteiger partial charge in [-0.3, -0.25) is 10.1 Å². The lowest BCUT2D eigenvalue weighted by Crippen LogP contribution is -2.43. The van der Waals surface area contributed by atoms with E-state index in [0.717, 1.165) is 12.1 Å². The van der Waals surface area contributed by atoms with Crippen LogP contribution in [-0.2, 0) is 14.8 Å². The first-order valence-electron chi connectivity index (χ1n) is 10.4. The number of nitrogens with one attached hydrogen (secondary N) is 1. The Morgan fingerprint density at radius 2 is 1.91 bits per heavy atom. The number of carbonyl (C=O) groups excluding carboxylic acids is 1. The van der Waals surface area contributed by atoms with Crippen LogP contribution < -0.4 is 14.8 Å². The topological polar surface area (TPSA) is 124 Å². The molecule has 1 atom stereocenters. The van der Waals surface area contributed by atoms with Gasteiger partial charge in [0.05, 0.1) is 30.6 Å². The summed E-state index contributed by atoms with van der Waals surface area (Å²) in [5.41, 5.74) is 0.519. The molecule has 2 aromatic carbocycles. The van der Waals surface area contributed by atoms with Crippen LogP contribution in [0.4, 0.5) is 10.4 Å².